The third-order valence-corrected chi connectivity index (χ3v) is 5.49. The molecule has 2 heterocycles. The number of rotatable bonds is 6. The van der Waals surface area contributed by atoms with Gasteiger partial charge in [-0.2, -0.15) is 13.2 Å². The number of sulfone groups is 1. The van der Waals surface area contributed by atoms with Gasteiger partial charge in [-0.15, -0.1) is 24.0 Å². The van der Waals surface area contributed by atoms with Crippen LogP contribution in [-0.2, 0) is 16.0 Å². The fourth-order valence-corrected chi connectivity index (χ4v) is 3.77. The van der Waals surface area contributed by atoms with E-state index >= 15 is 0 Å². The molecule has 13 heteroatoms. The number of aliphatic imine (C=N–C) groups is 1. The SMILES string of the molecule is CN=C(NCCCS(C)(=O)=O)NC1CCN(c2ncc(C(F)(F)F)cc2Cl)C1.I. The van der Waals surface area contributed by atoms with Crippen LogP contribution < -0.4 is 15.5 Å². The summed E-state index contributed by atoms with van der Waals surface area (Å²) in [4.78, 5) is 9.80. The summed E-state index contributed by atoms with van der Waals surface area (Å²) in [6.45, 7) is 1.54. The van der Waals surface area contributed by atoms with Crippen molar-refractivity contribution in [1.82, 2.24) is 15.6 Å². The fourth-order valence-electron chi connectivity index (χ4n) is 2.82. The van der Waals surface area contributed by atoms with Crippen LogP contribution >= 0.6 is 35.6 Å². The quantitative estimate of drug-likeness (QED) is 0.237. The number of nitrogens with zero attached hydrogens (tertiary/aromatic N) is 3. The summed E-state index contributed by atoms with van der Waals surface area (Å²) in [7, 11) is -1.40. The molecule has 0 radical (unpaired) electrons. The monoisotopic (exact) mass is 569 g/mol. The first-order valence-corrected chi connectivity index (χ1v) is 11.1. The smallest absolute Gasteiger partial charge is 0.356 e. The molecule has 1 unspecified atom stereocenters. The summed E-state index contributed by atoms with van der Waals surface area (Å²) in [6, 6.07) is 0.883. The molecular weight excluding hydrogens is 546 g/mol. The van der Waals surface area contributed by atoms with Gasteiger partial charge in [-0.1, -0.05) is 11.6 Å². The van der Waals surface area contributed by atoms with Crippen molar-refractivity contribution in [1.29, 1.82) is 0 Å². The molecule has 1 aromatic heterocycles. The van der Waals surface area contributed by atoms with Crippen molar-refractivity contribution in [2.24, 2.45) is 4.99 Å². The van der Waals surface area contributed by atoms with Crippen LogP contribution in [0.2, 0.25) is 5.02 Å². The number of anilines is 1. The Hall–Kier alpha value is -1.02. The van der Waals surface area contributed by atoms with Crippen LogP contribution in [-0.4, -0.2) is 64.1 Å². The molecule has 29 heavy (non-hydrogen) atoms. The van der Waals surface area contributed by atoms with Gasteiger partial charge < -0.3 is 15.5 Å². The average molecular weight is 570 g/mol. The Labute approximate surface area is 190 Å². The molecule has 7 nitrogen and oxygen atoms in total. The second-order valence-electron chi connectivity index (χ2n) is 6.59. The van der Waals surface area contributed by atoms with Gasteiger partial charge in [-0.3, -0.25) is 4.99 Å². The van der Waals surface area contributed by atoms with Gasteiger partial charge >= 0.3 is 6.18 Å². The summed E-state index contributed by atoms with van der Waals surface area (Å²) in [5.74, 6) is 0.939. The van der Waals surface area contributed by atoms with Crippen molar-refractivity contribution < 1.29 is 21.6 Å². The zero-order valence-electron chi connectivity index (χ0n) is 16.0. The zero-order chi connectivity index (χ0) is 20.9. The Kier molecular flexibility index (Phi) is 9.73. The van der Waals surface area contributed by atoms with Gasteiger partial charge in [-0.25, -0.2) is 13.4 Å². The van der Waals surface area contributed by atoms with E-state index < -0.39 is 21.6 Å². The molecule has 0 spiro atoms. The molecular formula is C16H24ClF3IN5O2S. The molecule has 0 aliphatic carbocycles. The van der Waals surface area contributed by atoms with E-state index in [4.69, 9.17) is 11.6 Å². The van der Waals surface area contributed by atoms with E-state index in [-0.39, 0.29) is 40.8 Å². The van der Waals surface area contributed by atoms with Crippen LogP contribution in [0.1, 0.15) is 18.4 Å². The van der Waals surface area contributed by atoms with Gasteiger partial charge in [0.1, 0.15) is 15.7 Å². The van der Waals surface area contributed by atoms with Crippen LogP contribution in [0.3, 0.4) is 0 Å². The second-order valence-corrected chi connectivity index (χ2v) is 9.25. The molecule has 0 bridgehead atoms. The minimum Gasteiger partial charge on any atom is -0.356 e. The first-order valence-electron chi connectivity index (χ1n) is 8.62. The van der Waals surface area contributed by atoms with Gasteiger partial charge in [0.15, 0.2) is 5.96 Å². The molecule has 2 N–H and O–H groups in total. The predicted octanol–water partition coefficient (Wildman–Crippen LogP) is 2.55. The van der Waals surface area contributed by atoms with Crippen molar-refractivity contribution in [3.8, 4) is 0 Å². The zero-order valence-corrected chi connectivity index (χ0v) is 19.9. The number of halogens is 5. The van der Waals surface area contributed by atoms with Crippen molar-refractivity contribution in [2.45, 2.75) is 25.1 Å². The van der Waals surface area contributed by atoms with E-state index in [9.17, 15) is 21.6 Å². The standard InChI is InChI=1S/C16H23ClF3N5O2S.HI/c1-21-15(22-5-3-7-28(2,26)27)24-12-4-6-25(10-12)14-13(17)8-11(9-23-14)16(18,19)20;/h8-9,12H,3-7,10H2,1-2H3,(H2,21,22,24);1H. The van der Waals surface area contributed by atoms with Crippen molar-refractivity contribution in [2.75, 3.05) is 43.6 Å². The molecule has 1 fully saturated rings. The first kappa shape index (κ1) is 26.0. The number of aromatic nitrogens is 1. The summed E-state index contributed by atoms with van der Waals surface area (Å²) < 4.78 is 60.5. The lowest BCUT2D eigenvalue weighted by Gasteiger charge is -2.21. The number of pyridine rings is 1. The van der Waals surface area contributed by atoms with Gasteiger partial charge in [0.25, 0.3) is 0 Å². The van der Waals surface area contributed by atoms with Crippen LogP contribution in [0.25, 0.3) is 0 Å². The van der Waals surface area contributed by atoms with Gasteiger partial charge in [-0.05, 0) is 18.9 Å². The Bertz CT molecular complexity index is 823. The van der Waals surface area contributed by atoms with E-state index in [1.165, 1.54) is 6.26 Å². The number of hydrogen-bond donors (Lipinski definition) is 2. The van der Waals surface area contributed by atoms with E-state index in [1.807, 2.05) is 4.90 Å². The van der Waals surface area contributed by atoms with Gasteiger partial charge in [0.05, 0.1) is 16.3 Å². The van der Waals surface area contributed by atoms with Gasteiger partial charge in [0, 0.05) is 45.2 Å². The fraction of sp³-hybridized carbons (Fsp3) is 0.625. The van der Waals surface area contributed by atoms with Crippen LogP contribution in [0.15, 0.2) is 17.3 Å². The van der Waals surface area contributed by atoms with E-state index in [0.29, 0.717) is 37.8 Å². The largest absolute Gasteiger partial charge is 0.417 e. The highest BCUT2D eigenvalue weighted by Crippen LogP contribution is 2.34. The van der Waals surface area contributed by atoms with Crippen LogP contribution in [0.5, 0.6) is 0 Å². The number of nitrogens with one attached hydrogen (secondary N) is 2. The molecule has 1 aliphatic rings. The lowest BCUT2D eigenvalue weighted by atomic mass is 10.2. The summed E-state index contributed by atoms with van der Waals surface area (Å²) in [5, 5.41) is 6.22. The lowest BCUT2D eigenvalue weighted by Crippen LogP contribution is -2.45. The summed E-state index contributed by atoms with van der Waals surface area (Å²) >= 11 is 6.01. The highest BCUT2D eigenvalue weighted by atomic mass is 127. The maximum Gasteiger partial charge on any atom is 0.417 e. The molecule has 0 saturated carbocycles. The van der Waals surface area contributed by atoms with Crippen LogP contribution in [0, 0.1) is 0 Å². The normalized spacial score (nSPS) is 17.8. The maximum absolute atomic E-state index is 12.7. The Morgan fingerprint density at radius 3 is 2.69 bits per heavy atom. The Balaban J connectivity index is 0.00000420. The minimum atomic E-state index is -4.49. The van der Waals surface area contributed by atoms with Crippen molar-refractivity contribution in [3.05, 3.63) is 22.8 Å². The molecule has 2 rings (SSSR count). The maximum atomic E-state index is 12.7. The molecule has 0 aromatic carbocycles. The Morgan fingerprint density at radius 1 is 1.45 bits per heavy atom. The molecule has 1 aromatic rings. The highest BCUT2D eigenvalue weighted by molar-refractivity contribution is 14.0. The Morgan fingerprint density at radius 2 is 2.14 bits per heavy atom. The van der Waals surface area contributed by atoms with Crippen molar-refractivity contribution >= 4 is 57.2 Å². The van der Waals surface area contributed by atoms with E-state index in [1.54, 1.807) is 7.05 Å². The third-order valence-electron chi connectivity index (χ3n) is 4.19. The first-order chi connectivity index (χ1) is 13.0. The minimum absolute atomic E-state index is 0. The van der Waals surface area contributed by atoms with E-state index in [2.05, 4.69) is 20.6 Å². The predicted molar refractivity (Wildman–Crippen MR) is 119 cm³/mol. The summed E-state index contributed by atoms with van der Waals surface area (Å²) in [5.41, 5.74) is -0.881. The summed E-state index contributed by atoms with van der Waals surface area (Å²) in [6.07, 6.45) is -1.33. The topological polar surface area (TPSA) is 86.7 Å². The van der Waals surface area contributed by atoms with Crippen LogP contribution in [0.4, 0.5) is 19.0 Å². The number of hydrogen-bond acceptors (Lipinski definition) is 5. The number of guanidine groups is 1. The molecule has 0 amide bonds. The average Bonchev–Trinajstić information content (AvgIpc) is 3.04. The van der Waals surface area contributed by atoms with E-state index in [0.717, 1.165) is 18.7 Å². The lowest BCUT2D eigenvalue weighted by molar-refractivity contribution is -0.137. The second kappa shape index (κ2) is 10.8. The van der Waals surface area contributed by atoms with Gasteiger partial charge in [0.2, 0.25) is 0 Å². The molecule has 1 atom stereocenters. The third kappa shape index (κ3) is 8.32. The molecule has 1 saturated heterocycles. The molecule has 166 valence electrons. The number of alkyl halides is 3. The molecule has 1 aliphatic heterocycles. The highest BCUT2D eigenvalue weighted by Gasteiger charge is 2.33. The van der Waals surface area contributed by atoms with Crippen molar-refractivity contribution in [3.63, 3.8) is 0 Å².